The van der Waals surface area contributed by atoms with Gasteiger partial charge in [-0.05, 0) is 47.0 Å². The summed E-state index contributed by atoms with van der Waals surface area (Å²) in [4.78, 5) is 13.0. The summed E-state index contributed by atoms with van der Waals surface area (Å²) in [5, 5.41) is 12.5. The summed E-state index contributed by atoms with van der Waals surface area (Å²) < 4.78 is 0. The van der Waals surface area contributed by atoms with Crippen molar-refractivity contribution in [3.05, 3.63) is 0 Å². The third-order valence-electron chi connectivity index (χ3n) is 3.35. The number of rotatable bonds is 5. The molecule has 1 fully saturated rings. The van der Waals surface area contributed by atoms with E-state index in [1.807, 2.05) is 4.90 Å². The van der Waals surface area contributed by atoms with Gasteiger partial charge in [-0.25, -0.2) is 0 Å². The normalized spacial score (nSPS) is 23.4. The highest BCUT2D eigenvalue weighted by atomic mass is 16.3. The quantitative estimate of drug-likeness (QED) is 0.711. The number of hydrogen-bond acceptors (Lipinski definition) is 3. The van der Waals surface area contributed by atoms with Gasteiger partial charge in [0.05, 0.1) is 0 Å². The lowest BCUT2D eigenvalue weighted by Crippen LogP contribution is -2.62. The van der Waals surface area contributed by atoms with E-state index in [4.69, 9.17) is 5.11 Å². The molecule has 0 aromatic heterocycles. The fourth-order valence-corrected chi connectivity index (χ4v) is 3.08. The van der Waals surface area contributed by atoms with Crippen molar-refractivity contribution in [3.8, 4) is 0 Å². The Balaban J connectivity index is 2.71. The first kappa shape index (κ1) is 14.5. The highest BCUT2D eigenvalue weighted by molar-refractivity contribution is 5.48. The molecule has 0 atom stereocenters. The van der Waals surface area contributed by atoms with E-state index in [2.05, 4.69) is 33.0 Å². The van der Waals surface area contributed by atoms with Crippen LogP contribution in [0.4, 0.5) is 0 Å². The van der Waals surface area contributed by atoms with Gasteiger partial charge in [0.2, 0.25) is 6.41 Å². The highest BCUT2D eigenvalue weighted by Crippen LogP contribution is 2.31. The van der Waals surface area contributed by atoms with Crippen molar-refractivity contribution in [3.63, 3.8) is 0 Å². The monoisotopic (exact) mass is 242 g/mol. The average Bonchev–Trinajstić information content (AvgIpc) is 2.14. The molecule has 100 valence electrons. The summed E-state index contributed by atoms with van der Waals surface area (Å²) >= 11 is 0. The first-order chi connectivity index (χ1) is 7.79. The molecular weight excluding hydrogens is 216 g/mol. The van der Waals surface area contributed by atoms with Crippen LogP contribution in [-0.2, 0) is 4.79 Å². The summed E-state index contributed by atoms with van der Waals surface area (Å²) in [5.41, 5.74) is 0.0970. The van der Waals surface area contributed by atoms with Gasteiger partial charge >= 0.3 is 0 Å². The molecule has 1 amide bonds. The van der Waals surface area contributed by atoms with Crippen LogP contribution >= 0.6 is 0 Å². The molecule has 1 aliphatic heterocycles. The molecule has 0 spiro atoms. The topological polar surface area (TPSA) is 52.6 Å². The van der Waals surface area contributed by atoms with Gasteiger partial charge in [0.25, 0.3) is 0 Å². The number of hydrogen-bond donors (Lipinski definition) is 2. The highest BCUT2D eigenvalue weighted by Gasteiger charge is 2.39. The van der Waals surface area contributed by atoms with E-state index in [0.29, 0.717) is 13.0 Å². The lowest BCUT2D eigenvalue weighted by Gasteiger charge is -2.49. The van der Waals surface area contributed by atoms with Gasteiger partial charge in [-0.3, -0.25) is 4.79 Å². The Kier molecular flexibility index (Phi) is 4.55. The van der Waals surface area contributed by atoms with Crippen molar-refractivity contribution in [1.82, 2.24) is 10.2 Å². The summed E-state index contributed by atoms with van der Waals surface area (Å²) in [6.07, 6.45) is 3.50. The van der Waals surface area contributed by atoms with Crippen LogP contribution in [0.25, 0.3) is 0 Å². The minimum atomic E-state index is 0.0485. The predicted molar refractivity (Wildman–Crippen MR) is 68.8 cm³/mol. The molecule has 0 unspecified atom stereocenters. The number of aliphatic hydroxyl groups excluding tert-OH is 1. The Morgan fingerprint density at radius 2 is 1.82 bits per heavy atom. The maximum Gasteiger partial charge on any atom is 0.209 e. The van der Waals surface area contributed by atoms with Crippen molar-refractivity contribution in [2.24, 2.45) is 0 Å². The molecule has 0 bridgehead atoms. The molecule has 1 saturated heterocycles. The number of aliphatic hydroxyl groups is 1. The molecular formula is C13H26N2O2. The molecule has 0 aromatic rings. The maximum absolute atomic E-state index is 11.2. The Morgan fingerprint density at radius 1 is 1.29 bits per heavy atom. The number of carbonyl (C=O) groups excluding carboxylic acids is 1. The largest absolute Gasteiger partial charge is 0.396 e. The van der Waals surface area contributed by atoms with Gasteiger partial charge in [-0.2, -0.15) is 0 Å². The van der Waals surface area contributed by atoms with Crippen molar-refractivity contribution >= 4 is 6.41 Å². The summed E-state index contributed by atoms with van der Waals surface area (Å²) in [6, 6.07) is 0.269. The van der Waals surface area contributed by atoms with E-state index in [1.54, 1.807) is 0 Å². The van der Waals surface area contributed by atoms with Gasteiger partial charge in [0, 0.05) is 30.3 Å². The predicted octanol–water partition coefficient (Wildman–Crippen LogP) is 1.14. The SMILES string of the molecule is CC1(C)CC(N(C=O)CCCO)CC(C)(C)N1. The summed E-state index contributed by atoms with van der Waals surface area (Å²) in [6.45, 7) is 9.50. The first-order valence-electron chi connectivity index (χ1n) is 6.41. The van der Waals surface area contributed by atoms with Crippen molar-refractivity contribution < 1.29 is 9.90 Å². The van der Waals surface area contributed by atoms with E-state index < -0.39 is 0 Å². The minimum absolute atomic E-state index is 0.0485. The fraction of sp³-hybridized carbons (Fsp3) is 0.923. The molecule has 0 aromatic carbocycles. The molecule has 1 heterocycles. The molecule has 1 aliphatic rings. The fourth-order valence-electron chi connectivity index (χ4n) is 3.08. The smallest absolute Gasteiger partial charge is 0.209 e. The second kappa shape index (κ2) is 5.36. The van der Waals surface area contributed by atoms with E-state index in [1.165, 1.54) is 0 Å². The Hall–Kier alpha value is -0.610. The Labute approximate surface area is 104 Å². The van der Waals surface area contributed by atoms with Crippen LogP contribution in [0.1, 0.15) is 47.0 Å². The molecule has 17 heavy (non-hydrogen) atoms. The molecule has 0 saturated carbocycles. The first-order valence-corrected chi connectivity index (χ1v) is 6.41. The third-order valence-corrected chi connectivity index (χ3v) is 3.35. The van der Waals surface area contributed by atoms with Gasteiger partial charge in [0.15, 0.2) is 0 Å². The molecule has 2 N–H and O–H groups in total. The zero-order chi connectivity index (χ0) is 13.1. The van der Waals surface area contributed by atoms with Crippen molar-refractivity contribution in [2.75, 3.05) is 13.2 Å². The molecule has 0 aliphatic carbocycles. The second-order valence-corrected chi connectivity index (χ2v) is 6.38. The van der Waals surface area contributed by atoms with E-state index in [0.717, 1.165) is 19.3 Å². The lowest BCUT2D eigenvalue weighted by atomic mass is 9.79. The van der Waals surface area contributed by atoms with Crippen LogP contribution in [0, 0.1) is 0 Å². The zero-order valence-electron chi connectivity index (χ0n) is 11.5. The summed E-state index contributed by atoms with van der Waals surface area (Å²) in [5.74, 6) is 0. The minimum Gasteiger partial charge on any atom is -0.396 e. The maximum atomic E-state index is 11.2. The van der Waals surface area contributed by atoms with Gasteiger partial charge in [-0.15, -0.1) is 0 Å². The van der Waals surface area contributed by atoms with Crippen molar-refractivity contribution in [1.29, 1.82) is 0 Å². The van der Waals surface area contributed by atoms with Crippen LogP contribution in [0.15, 0.2) is 0 Å². The van der Waals surface area contributed by atoms with Gasteiger partial charge < -0.3 is 15.3 Å². The molecule has 4 nitrogen and oxygen atoms in total. The standard InChI is InChI=1S/C13H26N2O2/c1-12(2)8-11(9-13(3,4)14-12)15(10-17)6-5-7-16/h10-11,14,16H,5-9H2,1-4H3. The Bertz CT molecular complexity index is 248. The number of amides is 1. The van der Waals surface area contributed by atoms with E-state index in [9.17, 15) is 4.79 Å². The van der Waals surface area contributed by atoms with Crippen LogP contribution in [0.2, 0.25) is 0 Å². The number of carbonyl (C=O) groups is 1. The second-order valence-electron chi connectivity index (χ2n) is 6.38. The summed E-state index contributed by atoms with van der Waals surface area (Å²) in [7, 11) is 0. The lowest BCUT2D eigenvalue weighted by molar-refractivity contribution is -0.122. The van der Waals surface area contributed by atoms with Gasteiger partial charge in [-0.1, -0.05) is 0 Å². The zero-order valence-corrected chi connectivity index (χ0v) is 11.5. The number of nitrogens with one attached hydrogen (secondary N) is 1. The number of nitrogens with zero attached hydrogens (tertiary/aromatic N) is 1. The third kappa shape index (κ3) is 4.28. The molecule has 0 radical (unpaired) electrons. The van der Waals surface area contributed by atoms with Crippen LogP contribution < -0.4 is 5.32 Å². The van der Waals surface area contributed by atoms with E-state index in [-0.39, 0.29) is 23.7 Å². The molecule has 1 rings (SSSR count). The van der Waals surface area contributed by atoms with Crippen LogP contribution in [-0.4, -0.2) is 46.7 Å². The van der Waals surface area contributed by atoms with Crippen molar-refractivity contribution in [2.45, 2.75) is 64.1 Å². The van der Waals surface area contributed by atoms with E-state index >= 15 is 0 Å². The van der Waals surface area contributed by atoms with Crippen LogP contribution in [0.3, 0.4) is 0 Å². The Morgan fingerprint density at radius 3 is 2.24 bits per heavy atom. The van der Waals surface area contributed by atoms with Gasteiger partial charge in [0.1, 0.15) is 0 Å². The van der Waals surface area contributed by atoms with Crippen LogP contribution in [0.5, 0.6) is 0 Å². The molecule has 4 heteroatoms. The average molecular weight is 242 g/mol. The number of piperidine rings is 1.